The molecule has 0 radical (unpaired) electrons. The molecule has 0 unspecified atom stereocenters. The van der Waals surface area contributed by atoms with Gasteiger partial charge in [-0.1, -0.05) is 19.6 Å². The van der Waals surface area contributed by atoms with E-state index in [0.717, 1.165) is 6.04 Å². The van der Waals surface area contributed by atoms with Crippen molar-refractivity contribution in [3.8, 4) is 0 Å². The maximum absolute atomic E-state index is 10.9. The zero-order valence-corrected chi connectivity index (χ0v) is 9.39. The fourth-order valence-electron chi connectivity index (χ4n) is 0.589. The summed E-state index contributed by atoms with van der Waals surface area (Å²) in [6.45, 7) is 8.89. The Kier molecular flexibility index (Phi) is 4.48. The highest BCUT2D eigenvalue weighted by molar-refractivity contribution is 6.76. The molecule has 0 aromatic carbocycles. The van der Waals surface area contributed by atoms with Crippen molar-refractivity contribution in [2.45, 2.75) is 38.7 Å². The van der Waals surface area contributed by atoms with Gasteiger partial charge in [0, 0.05) is 8.07 Å². The standard InChI is InChI=1S/C8H19NO2Si/c1-7(9)8(10)11-5-6-12(2,3)4/h7H,5-6,9H2,1-4H3/t7-/m1/s1. The van der Waals surface area contributed by atoms with E-state index in [2.05, 4.69) is 19.6 Å². The first-order valence-electron chi connectivity index (χ1n) is 4.25. The van der Waals surface area contributed by atoms with Crippen LogP contribution in [0.2, 0.25) is 25.7 Å². The van der Waals surface area contributed by atoms with Gasteiger partial charge in [-0.2, -0.15) is 0 Å². The zero-order valence-electron chi connectivity index (χ0n) is 8.39. The Hall–Kier alpha value is -0.353. The molecule has 0 aromatic heterocycles. The predicted octanol–water partition coefficient (Wildman–Crippen LogP) is 1.21. The van der Waals surface area contributed by atoms with Crippen molar-refractivity contribution in [3.63, 3.8) is 0 Å². The summed E-state index contributed by atoms with van der Waals surface area (Å²) >= 11 is 0. The molecule has 1 atom stereocenters. The number of hydrogen-bond donors (Lipinski definition) is 1. The van der Waals surface area contributed by atoms with Crippen molar-refractivity contribution < 1.29 is 9.53 Å². The van der Waals surface area contributed by atoms with Gasteiger partial charge < -0.3 is 10.5 Å². The lowest BCUT2D eigenvalue weighted by Gasteiger charge is -2.15. The van der Waals surface area contributed by atoms with Crippen molar-refractivity contribution >= 4 is 14.0 Å². The van der Waals surface area contributed by atoms with E-state index in [1.165, 1.54) is 0 Å². The summed E-state index contributed by atoms with van der Waals surface area (Å²) in [5, 5.41) is 0. The van der Waals surface area contributed by atoms with Crippen molar-refractivity contribution in [3.05, 3.63) is 0 Å². The van der Waals surface area contributed by atoms with Gasteiger partial charge in [0.05, 0.1) is 6.61 Å². The maximum Gasteiger partial charge on any atom is 0.322 e. The molecule has 3 nitrogen and oxygen atoms in total. The first-order chi connectivity index (χ1) is 5.33. The minimum absolute atomic E-state index is 0.298. The molecule has 0 rings (SSSR count). The number of carbonyl (C=O) groups is 1. The van der Waals surface area contributed by atoms with E-state index in [1.807, 2.05) is 0 Å². The number of rotatable bonds is 4. The van der Waals surface area contributed by atoms with Gasteiger partial charge in [-0.3, -0.25) is 4.79 Å². The highest BCUT2D eigenvalue weighted by atomic mass is 28.3. The van der Waals surface area contributed by atoms with Crippen LogP contribution in [0.25, 0.3) is 0 Å². The summed E-state index contributed by atoms with van der Waals surface area (Å²) < 4.78 is 4.95. The van der Waals surface area contributed by atoms with E-state index < -0.39 is 14.1 Å². The van der Waals surface area contributed by atoms with Gasteiger partial charge in [-0.05, 0) is 13.0 Å². The summed E-state index contributed by atoms with van der Waals surface area (Å²) in [6.07, 6.45) is 0. The Labute approximate surface area is 75.3 Å². The average Bonchev–Trinajstić information content (AvgIpc) is 1.84. The molecule has 0 aromatic rings. The summed E-state index contributed by atoms with van der Waals surface area (Å²) in [5.41, 5.74) is 5.32. The van der Waals surface area contributed by atoms with E-state index in [9.17, 15) is 4.79 Å². The van der Waals surface area contributed by atoms with Crippen molar-refractivity contribution in [1.29, 1.82) is 0 Å². The first kappa shape index (κ1) is 11.6. The Balaban J connectivity index is 3.51. The second-order valence-corrected chi connectivity index (χ2v) is 9.89. The minimum atomic E-state index is -1.08. The van der Waals surface area contributed by atoms with E-state index in [4.69, 9.17) is 10.5 Å². The third-order valence-corrected chi connectivity index (χ3v) is 3.17. The van der Waals surface area contributed by atoms with Crippen molar-refractivity contribution in [1.82, 2.24) is 0 Å². The van der Waals surface area contributed by atoms with Crippen LogP contribution in [0.1, 0.15) is 6.92 Å². The predicted molar refractivity (Wildman–Crippen MR) is 52.8 cm³/mol. The molecule has 0 saturated heterocycles. The number of hydrogen-bond acceptors (Lipinski definition) is 3. The van der Waals surface area contributed by atoms with Crippen molar-refractivity contribution in [2.75, 3.05) is 6.61 Å². The van der Waals surface area contributed by atoms with Crippen LogP contribution in [-0.2, 0) is 9.53 Å². The quantitative estimate of drug-likeness (QED) is 0.534. The number of nitrogens with two attached hydrogens (primary N) is 1. The van der Waals surface area contributed by atoms with E-state index in [1.54, 1.807) is 6.92 Å². The Morgan fingerprint density at radius 1 is 1.50 bits per heavy atom. The fraction of sp³-hybridized carbons (Fsp3) is 0.875. The molecule has 0 heterocycles. The van der Waals surface area contributed by atoms with Crippen molar-refractivity contribution in [2.24, 2.45) is 5.73 Å². The topological polar surface area (TPSA) is 52.3 Å². The molecule has 0 saturated carbocycles. The molecule has 12 heavy (non-hydrogen) atoms. The highest BCUT2D eigenvalue weighted by Gasteiger charge is 2.14. The minimum Gasteiger partial charge on any atom is -0.465 e. The summed E-state index contributed by atoms with van der Waals surface area (Å²) in [4.78, 5) is 10.9. The van der Waals surface area contributed by atoms with Crippen LogP contribution < -0.4 is 5.73 Å². The maximum atomic E-state index is 10.9. The Bertz CT molecular complexity index is 152. The Morgan fingerprint density at radius 2 is 2.00 bits per heavy atom. The fourth-order valence-corrected chi connectivity index (χ4v) is 1.30. The second-order valence-electron chi connectivity index (χ2n) is 4.27. The number of carbonyl (C=O) groups excluding carboxylic acids is 1. The lowest BCUT2D eigenvalue weighted by molar-refractivity contribution is -0.144. The molecule has 2 N–H and O–H groups in total. The molecule has 72 valence electrons. The highest BCUT2D eigenvalue weighted by Crippen LogP contribution is 2.07. The van der Waals surface area contributed by atoms with Gasteiger partial charge >= 0.3 is 5.97 Å². The van der Waals surface area contributed by atoms with E-state index in [0.29, 0.717) is 6.61 Å². The lowest BCUT2D eigenvalue weighted by Crippen LogP contribution is -2.30. The van der Waals surface area contributed by atoms with Gasteiger partial charge in [-0.15, -0.1) is 0 Å². The molecule has 4 heteroatoms. The largest absolute Gasteiger partial charge is 0.465 e. The SMILES string of the molecule is C[C@@H](N)C(=O)OCC[Si](C)(C)C. The number of ether oxygens (including phenoxy) is 1. The van der Waals surface area contributed by atoms with Crippen LogP contribution in [-0.4, -0.2) is 26.7 Å². The summed E-state index contributed by atoms with van der Waals surface area (Å²) in [7, 11) is -1.08. The van der Waals surface area contributed by atoms with Crippen LogP contribution >= 0.6 is 0 Å². The monoisotopic (exact) mass is 189 g/mol. The smallest absolute Gasteiger partial charge is 0.322 e. The molecule has 0 aliphatic heterocycles. The van der Waals surface area contributed by atoms with Gasteiger partial charge in [0.2, 0.25) is 0 Å². The number of esters is 1. The van der Waals surface area contributed by atoms with Crippen LogP contribution in [0.3, 0.4) is 0 Å². The molecule has 0 aliphatic carbocycles. The van der Waals surface area contributed by atoms with Crippen LogP contribution in [0.15, 0.2) is 0 Å². The summed E-state index contributed by atoms with van der Waals surface area (Å²) in [6, 6.07) is 0.512. The third kappa shape index (κ3) is 6.36. The Morgan fingerprint density at radius 3 is 2.33 bits per heavy atom. The molecule has 0 aliphatic rings. The molecule has 0 spiro atoms. The van der Waals surface area contributed by atoms with Crippen LogP contribution in [0.4, 0.5) is 0 Å². The normalized spacial score (nSPS) is 14.1. The van der Waals surface area contributed by atoms with E-state index >= 15 is 0 Å². The first-order valence-corrected chi connectivity index (χ1v) is 7.96. The molecule has 0 fully saturated rings. The van der Waals surface area contributed by atoms with Gasteiger partial charge in [0.15, 0.2) is 0 Å². The third-order valence-electron chi connectivity index (χ3n) is 1.47. The molecular weight excluding hydrogens is 170 g/mol. The average molecular weight is 189 g/mol. The van der Waals surface area contributed by atoms with Gasteiger partial charge in [-0.25, -0.2) is 0 Å². The zero-order chi connectivity index (χ0) is 9.78. The molecule has 0 amide bonds. The lowest BCUT2D eigenvalue weighted by atomic mass is 10.4. The van der Waals surface area contributed by atoms with Gasteiger partial charge in [0.25, 0.3) is 0 Å². The molecule has 0 bridgehead atoms. The van der Waals surface area contributed by atoms with Crippen LogP contribution in [0, 0.1) is 0 Å². The van der Waals surface area contributed by atoms with E-state index in [-0.39, 0.29) is 5.97 Å². The van der Waals surface area contributed by atoms with Gasteiger partial charge in [0.1, 0.15) is 6.04 Å². The molecular formula is C8H19NO2Si. The second kappa shape index (κ2) is 4.62. The summed E-state index contributed by atoms with van der Waals surface area (Å²) in [5.74, 6) is -0.298. The van der Waals surface area contributed by atoms with Crippen LogP contribution in [0.5, 0.6) is 0 Å².